The lowest BCUT2D eigenvalue weighted by atomic mass is 10.6. The van der Waals surface area contributed by atoms with Crippen LogP contribution in [0.2, 0.25) is 0 Å². The summed E-state index contributed by atoms with van der Waals surface area (Å²) in [5, 5.41) is 0. The predicted octanol–water partition coefficient (Wildman–Crippen LogP) is 31.3. The van der Waals surface area contributed by atoms with Crippen LogP contribution in [-0.2, 0) is 0 Å². The molecule has 0 aliphatic rings. The highest BCUT2D eigenvalue weighted by atomic mass is 13.5. The Morgan fingerprint density at radius 1 is 0.0833 bits per heavy atom. The van der Waals surface area contributed by atoms with Crippen molar-refractivity contribution in [3.8, 4) is 0 Å². The van der Waals surface area contributed by atoms with Crippen molar-refractivity contribution < 1.29 is 0 Å². The summed E-state index contributed by atoms with van der Waals surface area (Å²) < 4.78 is 0. The zero-order valence-electron chi connectivity index (χ0n) is 37.9. The van der Waals surface area contributed by atoms with Crippen molar-refractivity contribution in [3.05, 3.63) is 0 Å². The van der Waals surface area contributed by atoms with Crippen molar-refractivity contribution in [1.29, 1.82) is 0 Å². The molecule has 0 heteroatoms. The van der Waals surface area contributed by atoms with E-state index in [2.05, 4.69) is 194 Å². The quantitative estimate of drug-likeness (QED) is 0.227. The molecule has 0 saturated heterocycles. The van der Waals surface area contributed by atoms with Gasteiger partial charge in [-0.05, 0) is 0 Å². The lowest BCUT2D eigenvalue weighted by molar-refractivity contribution is 1.09. The summed E-state index contributed by atoms with van der Waals surface area (Å²) in [5.74, 6) is 0. The van der Waals surface area contributed by atoms with E-state index in [4.69, 9.17) is 0 Å². The largest absolute Gasteiger partial charge is 0.0776 e. The predicted molar refractivity (Wildman–Crippen MR) is 345 cm³/mol. The Balaban J connectivity index is -0.00000000458. The maximum Gasteiger partial charge on any atom is -0.0590 e. The normalized spacial score (nSPS) is 4.20. The Labute approximate surface area is 415 Å². The Kier molecular flexibility index (Phi) is 4500. The molecule has 0 nitrogen and oxygen atoms in total. The maximum atomic E-state index is 2.12. The van der Waals surface area contributed by atoms with Crippen molar-refractivity contribution in [2.45, 2.75) is 417 Å². The highest BCUT2D eigenvalue weighted by Crippen LogP contribution is 1.60. The van der Waals surface area contributed by atoms with Gasteiger partial charge in [-0.2, -0.15) is 0 Å². The van der Waals surface area contributed by atoms with E-state index in [9.17, 15) is 0 Å². The van der Waals surface area contributed by atoms with Crippen molar-refractivity contribution in [2.75, 3.05) is 0 Å². The first-order valence-electron chi connectivity index (χ1n) is 19.8. The third kappa shape index (κ3) is 0. The summed E-state index contributed by atoms with van der Waals surface area (Å²) in [4.78, 5) is 0. The van der Waals surface area contributed by atoms with Gasteiger partial charge in [0.25, 0.3) is 0 Å². The van der Waals surface area contributed by atoms with E-state index in [0.29, 0.717) is 0 Å². The smallest absolute Gasteiger partial charge is 0.0590 e. The van der Waals surface area contributed by atoms with Crippen LogP contribution in [0.3, 0.4) is 0 Å². The van der Waals surface area contributed by atoms with E-state index in [0.717, 1.165) is 0 Å². The second-order valence-electron chi connectivity index (χ2n) is 9.90. The topological polar surface area (TPSA) is 0 Å². The van der Waals surface area contributed by atoms with Crippen LogP contribution in [0, 0.1) is 0 Å². The van der Waals surface area contributed by atoms with Crippen LogP contribution in [0.5, 0.6) is 0 Å². The van der Waals surface area contributed by atoms with Gasteiger partial charge in [-0.15, -0.1) is 0 Å². The fraction of sp³-hybridized carbons (Fsp3) is 1.00. The molecule has 0 saturated carbocycles. The molecule has 0 aromatic heterocycles. The van der Waals surface area contributed by atoms with Gasteiger partial charge in [0.1, 0.15) is 0 Å². The molecule has 0 aromatic carbocycles. The average molecular weight is 906 g/mol. The Morgan fingerprint density at radius 3 is 0.0833 bits per heavy atom. The Hall–Kier alpha value is 0. The minimum Gasteiger partial charge on any atom is -0.0776 e. The first-order chi connectivity index (χ1) is 19.8. The van der Waals surface area contributed by atoms with Crippen LogP contribution in [0.4, 0.5) is 0 Å². The summed E-state index contributed by atoms with van der Waals surface area (Å²) in [6.07, 6.45) is 17.5. The molecule has 0 bridgehead atoms. The van der Waals surface area contributed by atoms with E-state index < -0.39 is 0 Å². The molecule has 0 fully saturated rings. The molecule has 0 radical (unpaired) electrons. The second-order valence-corrected chi connectivity index (χ2v) is 9.90. The Morgan fingerprint density at radius 2 is 0.0833 bits per heavy atom. The molecule has 0 heterocycles. The fourth-order valence-electron chi connectivity index (χ4n) is 0. The van der Waals surface area contributed by atoms with Crippen molar-refractivity contribution in [3.63, 3.8) is 0 Å². The minimum absolute atomic E-state index is 0. The zero-order valence-corrected chi connectivity index (χ0v) is 37.9. The van der Waals surface area contributed by atoms with E-state index in [1.54, 1.807) is 0 Å². The lowest BCUT2D eigenvalue weighted by Crippen LogP contribution is -1.27. The van der Waals surface area contributed by atoms with Crippen molar-refractivity contribution >= 4 is 0 Å². The van der Waals surface area contributed by atoms with Gasteiger partial charge in [0.05, 0.1) is 0 Å². The van der Waals surface area contributed by atoms with Crippen LogP contribution >= 0.6 is 0 Å². The van der Waals surface area contributed by atoms with Gasteiger partial charge in [-0.3, -0.25) is 0 Å². The molecule has 0 atom stereocenters. The average Bonchev–Trinajstić information content (AvgIpc) is 2.86. The molecule has 0 rings (SSSR count). The molecule has 0 aromatic rings. The van der Waals surface area contributed by atoms with Gasteiger partial charge in [-0.25, -0.2) is 0 Å². The molecular weight excluding hydrogens is 721 g/mol. The molecule has 0 N–H and O–H groups in total. The van der Waals surface area contributed by atoms with Crippen LogP contribution in [0.25, 0.3) is 0 Å². The molecule has 0 amide bonds. The SMILES string of the molecule is C.C.C.C.C.C.C.C.C.C.C.C.C.C.C.C.C.C.CCC.CCC.CCC.CCC.CCC.CCC.CCC.CCC.CCC.CCC.CCC.CCC.CCC.CCC. The summed E-state index contributed by atoms with van der Waals surface area (Å²) in [7, 11) is 0. The summed E-state index contributed by atoms with van der Waals surface area (Å²) in [6, 6.07) is 0. The highest BCUT2D eigenvalue weighted by molar-refractivity contribution is 3.96. The van der Waals surface area contributed by atoms with E-state index >= 15 is 0 Å². The van der Waals surface area contributed by atoms with Crippen molar-refractivity contribution in [1.82, 2.24) is 0 Å². The van der Waals surface area contributed by atoms with Crippen LogP contribution in [0.15, 0.2) is 0 Å². The van der Waals surface area contributed by atoms with E-state index in [-0.39, 0.29) is 134 Å². The summed E-state index contributed by atoms with van der Waals surface area (Å²) in [5.41, 5.74) is 0. The lowest BCUT2D eigenvalue weighted by Gasteiger charge is -1.48. The van der Waals surface area contributed by atoms with Gasteiger partial charge >= 0.3 is 0 Å². The molecule has 60 heavy (non-hydrogen) atoms. The highest BCUT2D eigenvalue weighted by Gasteiger charge is 1.39. The van der Waals surface area contributed by atoms with Gasteiger partial charge in [0.15, 0.2) is 0 Å². The number of hydrogen-bond donors (Lipinski definition) is 0. The summed E-state index contributed by atoms with van der Waals surface area (Å²) in [6.45, 7) is 59.5. The standard InChI is InChI=1S/14C3H8.18CH4/c14*1-3-2;;;;;;;;;;;;;;;;;;/h14*3H2,1-2H3;18*1H4. The number of hydrogen-bond acceptors (Lipinski definition) is 0. The molecule has 0 unspecified atom stereocenters. The maximum absolute atomic E-state index is 2.12. The molecule has 424 valence electrons. The fourth-order valence-corrected chi connectivity index (χ4v) is 0. The molecule has 0 aliphatic carbocycles. The van der Waals surface area contributed by atoms with Crippen LogP contribution in [-0.4, -0.2) is 0 Å². The van der Waals surface area contributed by atoms with E-state index in [1.807, 2.05) is 0 Å². The van der Waals surface area contributed by atoms with E-state index in [1.165, 1.54) is 89.9 Å². The summed E-state index contributed by atoms with van der Waals surface area (Å²) >= 11 is 0. The van der Waals surface area contributed by atoms with Gasteiger partial charge in [0, 0.05) is 0 Å². The third-order valence-electron chi connectivity index (χ3n) is 0. The third-order valence-corrected chi connectivity index (χ3v) is 0. The van der Waals surface area contributed by atoms with Crippen LogP contribution < -0.4 is 0 Å². The van der Waals surface area contributed by atoms with Gasteiger partial charge < -0.3 is 0 Å². The second kappa shape index (κ2) is 1010. The van der Waals surface area contributed by atoms with Crippen molar-refractivity contribution in [2.24, 2.45) is 0 Å². The number of rotatable bonds is 0. The zero-order chi connectivity index (χ0) is 37.9. The van der Waals surface area contributed by atoms with Gasteiger partial charge in [-0.1, -0.05) is 417 Å². The first-order valence-corrected chi connectivity index (χ1v) is 19.8. The monoisotopic (exact) mass is 905 g/mol. The first kappa shape index (κ1) is 266. The molecule has 0 spiro atoms. The Bertz CT molecular complexity index is 53.3. The van der Waals surface area contributed by atoms with Crippen LogP contribution in [0.1, 0.15) is 417 Å². The minimum atomic E-state index is 0. The molecular formula is C60H184. The van der Waals surface area contributed by atoms with Gasteiger partial charge in [0.2, 0.25) is 0 Å². The molecule has 0 aliphatic heterocycles.